The second-order valence-electron chi connectivity index (χ2n) is 7.72. The zero-order valence-corrected chi connectivity index (χ0v) is 20.1. The van der Waals surface area contributed by atoms with Gasteiger partial charge < -0.3 is 10.1 Å². The summed E-state index contributed by atoms with van der Waals surface area (Å²) in [6, 6.07) is 5.08. The van der Waals surface area contributed by atoms with Gasteiger partial charge in [0.05, 0.1) is 23.9 Å². The van der Waals surface area contributed by atoms with Gasteiger partial charge >= 0.3 is 0 Å². The maximum Gasteiger partial charge on any atom is 0.242 e. The Labute approximate surface area is 188 Å². The summed E-state index contributed by atoms with van der Waals surface area (Å²) in [6.07, 6.45) is 0.804. The summed E-state index contributed by atoms with van der Waals surface area (Å²) in [7, 11) is 0.0459. The number of nitrogens with one attached hydrogen (secondary N) is 2. The van der Waals surface area contributed by atoms with Crippen LogP contribution < -0.4 is 14.8 Å². The Morgan fingerprint density at radius 3 is 2.56 bits per heavy atom. The second kappa shape index (κ2) is 9.15. The van der Waals surface area contributed by atoms with E-state index in [4.69, 9.17) is 4.74 Å². The number of rotatable bonds is 8. The van der Waals surface area contributed by atoms with Gasteiger partial charge in [-0.05, 0) is 69.0 Å². The Balaban J connectivity index is 1.73. The zero-order valence-electron chi connectivity index (χ0n) is 19.2. The molecule has 2 aromatic heterocycles. The molecule has 10 heteroatoms. The first-order valence-corrected chi connectivity index (χ1v) is 12.0. The number of methoxy groups -OCH3 is 1. The van der Waals surface area contributed by atoms with Gasteiger partial charge in [0.1, 0.15) is 0 Å². The largest absolute Gasteiger partial charge is 0.479 e. The van der Waals surface area contributed by atoms with Crippen LogP contribution in [0.2, 0.25) is 0 Å². The molecule has 0 spiro atoms. The van der Waals surface area contributed by atoms with Crippen molar-refractivity contribution in [3.8, 4) is 5.88 Å². The molecule has 0 saturated heterocycles. The van der Waals surface area contributed by atoms with Crippen molar-refractivity contribution < 1.29 is 17.9 Å². The fourth-order valence-electron chi connectivity index (χ4n) is 3.66. The van der Waals surface area contributed by atoms with Crippen molar-refractivity contribution in [2.45, 2.75) is 40.5 Å². The van der Waals surface area contributed by atoms with Gasteiger partial charge in [-0.25, -0.2) is 18.1 Å². The SMILES string of the molecule is CCS(=O)(=O)Nc1ccc(NC(=O)CCc2c(C)nc3c(c(OC)nn3C)c2C)cc1C. The third kappa shape index (κ3) is 4.85. The molecule has 0 aliphatic heterocycles. The average Bonchev–Trinajstić information content (AvgIpc) is 3.05. The Hall–Kier alpha value is -3.14. The molecule has 2 heterocycles. The van der Waals surface area contributed by atoms with Crippen molar-refractivity contribution >= 4 is 38.3 Å². The summed E-state index contributed by atoms with van der Waals surface area (Å²) in [6.45, 7) is 7.29. The number of anilines is 2. The van der Waals surface area contributed by atoms with Gasteiger partial charge in [-0.1, -0.05) is 0 Å². The number of nitrogens with zero attached hydrogens (tertiary/aromatic N) is 3. The van der Waals surface area contributed by atoms with E-state index in [0.717, 1.165) is 33.4 Å². The molecule has 3 aromatic rings. The lowest BCUT2D eigenvalue weighted by Gasteiger charge is -2.13. The first-order chi connectivity index (χ1) is 15.1. The standard InChI is InChI=1S/C22H29N5O4S/c1-7-32(29,30)26-18-10-8-16(12-13(18)2)24-19(28)11-9-17-14(3)20-21(23-15(17)4)27(5)25-22(20)31-6/h8,10,12,26H,7,9,11H2,1-6H3,(H,24,28). The predicted molar refractivity (Wildman–Crippen MR) is 126 cm³/mol. The number of hydrogen-bond donors (Lipinski definition) is 2. The van der Waals surface area contributed by atoms with Gasteiger partial charge in [-0.3, -0.25) is 9.52 Å². The molecule has 0 fully saturated rings. The van der Waals surface area contributed by atoms with Gasteiger partial charge in [-0.2, -0.15) is 0 Å². The van der Waals surface area contributed by atoms with E-state index in [9.17, 15) is 13.2 Å². The van der Waals surface area contributed by atoms with Crippen LogP contribution in [0.5, 0.6) is 5.88 Å². The molecule has 1 aromatic carbocycles. The number of aromatic nitrogens is 3. The molecule has 0 unspecified atom stereocenters. The fraction of sp³-hybridized carbons (Fsp3) is 0.409. The molecule has 0 radical (unpaired) electrons. The third-order valence-corrected chi connectivity index (χ3v) is 6.76. The monoisotopic (exact) mass is 459 g/mol. The van der Waals surface area contributed by atoms with Crippen LogP contribution in [0.1, 0.15) is 35.7 Å². The smallest absolute Gasteiger partial charge is 0.242 e. The first-order valence-electron chi connectivity index (χ1n) is 10.3. The lowest BCUT2D eigenvalue weighted by atomic mass is 10.00. The maximum absolute atomic E-state index is 12.6. The normalized spacial score (nSPS) is 11.6. The van der Waals surface area contributed by atoms with Crippen molar-refractivity contribution in [2.24, 2.45) is 7.05 Å². The lowest BCUT2D eigenvalue weighted by molar-refractivity contribution is -0.116. The molecule has 0 atom stereocenters. The van der Waals surface area contributed by atoms with E-state index in [1.807, 2.05) is 20.9 Å². The molecule has 0 bridgehead atoms. The summed E-state index contributed by atoms with van der Waals surface area (Å²) in [5.74, 6) is 0.380. The Bertz CT molecular complexity index is 1280. The van der Waals surface area contributed by atoms with Crippen molar-refractivity contribution in [1.82, 2.24) is 14.8 Å². The molecule has 172 valence electrons. The first kappa shape index (κ1) is 23.5. The van der Waals surface area contributed by atoms with Gasteiger partial charge in [0, 0.05) is 24.8 Å². The minimum Gasteiger partial charge on any atom is -0.479 e. The van der Waals surface area contributed by atoms with E-state index in [-0.39, 0.29) is 18.1 Å². The van der Waals surface area contributed by atoms with Crippen molar-refractivity contribution in [1.29, 1.82) is 0 Å². The number of aryl methyl sites for hydroxylation is 4. The Morgan fingerprint density at radius 2 is 1.94 bits per heavy atom. The minimum absolute atomic E-state index is 0.00464. The summed E-state index contributed by atoms with van der Waals surface area (Å²) in [4.78, 5) is 17.2. The zero-order chi connectivity index (χ0) is 23.6. The van der Waals surface area contributed by atoms with Crippen LogP contribution in [0.15, 0.2) is 18.2 Å². The molecular formula is C22H29N5O4S. The molecule has 1 amide bonds. The molecule has 2 N–H and O–H groups in total. The van der Waals surface area contributed by atoms with Crippen LogP contribution in [0, 0.1) is 20.8 Å². The van der Waals surface area contributed by atoms with E-state index in [1.165, 1.54) is 0 Å². The molecular weight excluding hydrogens is 430 g/mol. The number of carbonyl (C=O) groups excluding carboxylic acids is 1. The molecule has 3 rings (SSSR count). The number of hydrogen-bond acceptors (Lipinski definition) is 6. The van der Waals surface area contributed by atoms with Crippen LogP contribution >= 0.6 is 0 Å². The topological polar surface area (TPSA) is 115 Å². The maximum atomic E-state index is 12.6. The van der Waals surface area contributed by atoms with Crippen LogP contribution in [-0.4, -0.2) is 42.0 Å². The van der Waals surface area contributed by atoms with E-state index in [0.29, 0.717) is 23.7 Å². The van der Waals surface area contributed by atoms with Crippen LogP contribution in [0.25, 0.3) is 11.0 Å². The Morgan fingerprint density at radius 1 is 1.22 bits per heavy atom. The average molecular weight is 460 g/mol. The van der Waals surface area contributed by atoms with E-state index in [1.54, 1.807) is 43.8 Å². The molecule has 0 aliphatic carbocycles. The summed E-state index contributed by atoms with van der Waals surface area (Å²) in [5.41, 5.74) is 5.46. The fourth-order valence-corrected chi connectivity index (χ4v) is 4.37. The number of fused-ring (bicyclic) bond motifs is 1. The quantitative estimate of drug-likeness (QED) is 0.534. The second-order valence-corrected chi connectivity index (χ2v) is 9.73. The number of carbonyl (C=O) groups is 1. The predicted octanol–water partition coefficient (Wildman–Crippen LogP) is 3.24. The minimum atomic E-state index is -3.36. The molecule has 32 heavy (non-hydrogen) atoms. The van der Waals surface area contributed by atoms with E-state index in [2.05, 4.69) is 20.1 Å². The summed E-state index contributed by atoms with van der Waals surface area (Å²) in [5, 5.41) is 8.10. The molecule has 9 nitrogen and oxygen atoms in total. The number of ether oxygens (including phenoxy) is 1. The van der Waals surface area contributed by atoms with Gasteiger partial charge in [0.15, 0.2) is 5.65 Å². The lowest BCUT2D eigenvalue weighted by Crippen LogP contribution is -2.16. The highest BCUT2D eigenvalue weighted by Crippen LogP contribution is 2.30. The van der Waals surface area contributed by atoms with Crippen LogP contribution in [0.3, 0.4) is 0 Å². The number of sulfonamides is 1. The highest BCUT2D eigenvalue weighted by Gasteiger charge is 2.18. The highest BCUT2D eigenvalue weighted by molar-refractivity contribution is 7.92. The third-order valence-electron chi connectivity index (χ3n) is 5.47. The van der Waals surface area contributed by atoms with E-state index < -0.39 is 10.0 Å². The highest BCUT2D eigenvalue weighted by atomic mass is 32.2. The summed E-state index contributed by atoms with van der Waals surface area (Å²) < 4.78 is 33.2. The van der Waals surface area contributed by atoms with Gasteiger partial charge in [0.25, 0.3) is 0 Å². The molecule has 0 aliphatic rings. The van der Waals surface area contributed by atoms with Gasteiger partial charge in [-0.15, -0.1) is 5.10 Å². The number of benzene rings is 1. The van der Waals surface area contributed by atoms with Crippen LogP contribution in [-0.2, 0) is 28.3 Å². The molecule has 0 saturated carbocycles. The number of amides is 1. The van der Waals surface area contributed by atoms with Crippen molar-refractivity contribution in [3.63, 3.8) is 0 Å². The van der Waals surface area contributed by atoms with Crippen LogP contribution in [0.4, 0.5) is 11.4 Å². The van der Waals surface area contributed by atoms with E-state index >= 15 is 0 Å². The Kier molecular flexibility index (Phi) is 6.73. The number of pyridine rings is 1. The van der Waals surface area contributed by atoms with Crippen molar-refractivity contribution in [3.05, 3.63) is 40.6 Å². The summed E-state index contributed by atoms with van der Waals surface area (Å²) >= 11 is 0. The van der Waals surface area contributed by atoms with Crippen molar-refractivity contribution in [2.75, 3.05) is 22.9 Å². The van der Waals surface area contributed by atoms with Gasteiger partial charge in [0.2, 0.25) is 21.8 Å².